The number of carbonyl (C=O) groups is 2. The van der Waals surface area contributed by atoms with Crippen LogP contribution in [0.5, 0.6) is 0 Å². The number of aromatic nitrogens is 3. The standard InChI is InChI=1S/C19H19ClN4O3S/c1-10-16(11(2)24(4)23-10)22-17(25)12(3)27-19(26)15-9-28-18(21-15)13-6-5-7-14(20)8-13/h5-9,12H,1-4H3,(H,22,25)/t12-/m1/s1. The molecule has 0 aliphatic heterocycles. The number of thiazole rings is 1. The van der Waals surface area contributed by atoms with E-state index in [0.717, 1.165) is 11.3 Å². The van der Waals surface area contributed by atoms with Crippen LogP contribution in [0.15, 0.2) is 29.6 Å². The Kier molecular flexibility index (Phi) is 5.81. The zero-order valence-electron chi connectivity index (χ0n) is 15.8. The largest absolute Gasteiger partial charge is 0.448 e. The van der Waals surface area contributed by atoms with Gasteiger partial charge in [-0.25, -0.2) is 9.78 Å². The maximum absolute atomic E-state index is 12.4. The molecule has 1 aromatic carbocycles. The smallest absolute Gasteiger partial charge is 0.358 e. The molecule has 2 heterocycles. The van der Waals surface area contributed by atoms with E-state index in [1.54, 1.807) is 36.2 Å². The van der Waals surface area contributed by atoms with Crippen molar-refractivity contribution < 1.29 is 14.3 Å². The molecule has 0 unspecified atom stereocenters. The fourth-order valence-corrected chi connectivity index (χ4v) is 3.55. The highest BCUT2D eigenvalue weighted by Crippen LogP contribution is 2.26. The Morgan fingerprint density at radius 3 is 2.71 bits per heavy atom. The maximum atomic E-state index is 12.4. The van der Waals surface area contributed by atoms with Crippen molar-refractivity contribution in [1.29, 1.82) is 0 Å². The number of anilines is 1. The molecule has 0 aliphatic carbocycles. The van der Waals surface area contributed by atoms with Crippen LogP contribution in [0.4, 0.5) is 5.69 Å². The van der Waals surface area contributed by atoms with Crippen LogP contribution in [0.1, 0.15) is 28.8 Å². The Bertz CT molecular complexity index is 1040. The van der Waals surface area contributed by atoms with Gasteiger partial charge in [0, 0.05) is 23.0 Å². The van der Waals surface area contributed by atoms with E-state index in [1.165, 1.54) is 18.3 Å². The molecule has 1 amide bonds. The van der Waals surface area contributed by atoms with Crippen LogP contribution < -0.4 is 5.32 Å². The third-order valence-electron chi connectivity index (χ3n) is 4.20. The summed E-state index contributed by atoms with van der Waals surface area (Å²) in [4.78, 5) is 29.1. The quantitative estimate of drug-likeness (QED) is 0.633. The summed E-state index contributed by atoms with van der Waals surface area (Å²) in [6, 6.07) is 7.20. The van der Waals surface area contributed by atoms with Gasteiger partial charge in [0.2, 0.25) is 0 Å². The van der Waals surface area contributed by atoms with Crippen LogP contribution in [-0.4, -0.2) is 32.7 Å². The Morgan fingerprint density at radius 2 is 2.07 bits per heavy atom. The molecule has 7 nitrogen and oxygen atoms in total. The molecular weight excluding hydrogens is 400 g/mol. The highest BCUT2D eigenvalue weighted by Gasteiger charge is 2.23. The number of carbonyl (C=O) groups excluding carboxylic acids is 2. The van der Waals surface area contributed by atoms with E-state index in [1.807, 2.05) is 19.1 Å². The number of amides is 1. The van der Waals surface area contributed by atoms with Gasteiger partial charge in [0.1, 0.15) is 5.01 Å². The van der Waals surface area contributed by atoms with Gasteiger partial charge in [0.05, 0.1) is 17.1 Å². The summed E-state index contributed by atoms with van der Waals surface area (Å²) < 4.78 is 6.94. The average molecular weight is 419 g/mol. The van der Waals surface area contributed by atoms with Gasteiger partial charge in [-0.05, 0) is 32.9 Å². The number of hydrogen-bond acceptors (Lipinski definition) is 6. The number of hydrogen-bond donors (Lipinski definition) is 1. The van der Waals surface area contributed by atoms with E-state index in [4.69, 9.17) is 16.3 Å². The highest BCUT2D eigenvalue weighted by molar-refractivity contribution is 7.13. The van der Waals surface area contributed by atoms with Gasteiger partial charge in [-0.3, -0.25) is 9.48 Å². The summed E-state index contributed by atoms with van der Waals surface area (Å²) >= 11 is 7.30. The van der Waals surface area contributed by atoms with Crippen molar-refractivity contribution in [3.8, 4) is 10.6 Å². The van der Waals surface area contributed by atoms with Crippen LogP contribution in [-0.2, 0) is 16.6 Å². The Morgan fingerprint density at radius 1 is 1.32 bits per heavy atom. The molecule has 0 bridgehead atoms. The molecule has 3 rings (SSSR count). The number of rotatable bonds is 5. The highest BCUT2D eigenvalue weighted by atomic mass is 35.5. The van der Waals surface area contributed by atoms with Crippen molar-refractivity contribution in [2.45, 2.75) is 26.9 Å². The lowest BCUT2D eigenvalue weighted by Gasteiger charge is -2.13. The Labute approximate surface area is 171 Å². The lowest BCUT2D eigenvalue weighted by Crippen LogP contribution is -2.30. The molecule has 9 heteroatoms. The number of aryl methyl sites for hydroxylation is 2. The molecule has 2 aromatic heterocycles. The van der Waals surface area contributed by atoms with Gasteiger partial charge in [-0.2, -0.15) is 5.10 Å². The number of benzene rings is 1. The van der Waals surface area contributed by atoms with E-state index < -0.39 is 18.0 Å². The van der Waals surface area contributed by atoms with Crippen LogP contribution >= 0.6 is 22.9 Å². The molecule has 1 N–H and O–H groups in total. The summed E-state index contributed by atoms with van der Waals surface area (Å²) in [6.07, 6.45) is -0.983. The zero-order chi connectivity index (χ0) is 20.4. The summed E-state index contributed by atoms with van der Waals surface area (Å²) in [7, 11) is 1.79. The van der Waals surface area contributed by atoms with Gasteiger partial charge in [0.15, 0.2) is 11.8 Å². The minimum atomic E-state index is -0.983. The summed E-state index contributed by atoms with van der Waals surface area (Å²) in [5.74, 6) is -1.09. The second-order valence-corrected chi connectivity index (χ2v) is 7.55. The molecule has 0 aliphatic rings. The van der Waals surface area contributed by atoms with Crippen molar-refractivity contribution in [1.82, 2.24) is 14.8 Å². The van der Waals surface area contributed by atoms with Crippen LogP contribution in [0.25, 0.3) is 10.6 Å². The van der Waals surface area contributed by atoms with E-state index >= 15 is 0 Å². The molecule has 0 spiro atoms. The van der Waals surface area contributed by atoms with E-state index in [-0.39, 0.29) is 5.69 Å². The summed E-state index contributed by atoms with van der Waals surface area (Å²) in [5, 5.41) is 9.84. The number of nitrogens with one attached hydrogen (secondary N) is 1. The van der Waals surface area contributed by atoms with Crippen molar-refractivity contribution in [2.75, 3.05) is 5.32 Å². The topological polar surface area (TPSA) is 86.1 Å². The van der Waals surface area contributed by atoms with E-state index in [2.05, 4.69) is 15.4 Å². The van der Waals surface area contributed by atoms with Crippen molar-refractivity contribution >= 4 is 40.5 Å². The number of nitrogens with zero attached hydrogens (tertiary/aromatic N) is 3. The van der Waals surface area contributed by atoms with Crippen molar-refractivity contribution in [3.63, 3.8) is 0 Å². The van der Waals surface area contributed by atoms with Crippen LogP contribution in [0.3, 0.4) is 0 Å². The van der Waals surface area contributed by atoms with Crippen LogP contribution in [0.2, 0.25) is 5.02 Å². The zero-order valence-corrected chi connectivity index (χ0v) is 17.4. The molecule has 0 saturated carbocycles. The van der Waals surface area contributed by atoms with Gasteiger partial charge in [-0.1, -0.05) is 23.7 Å². The molecule has 0 radical (unpaired) electrons. The number of halogens is 1. The maximum Gasteiger partial charge on any atom is 0.358 e. The minimum absolute atomic E-state index is 0.147. The molecule has 1 atom stereocenters. The van der Waals surface area contributed by atoms with Crippen molar-refractivity contribution in [2.24, 2.45) is 7.05 Å². The Balaban J connectivity index is 1.66. The van der Waals surface area contributed by atoms with Gasteiger partial charge < -0.3 is 10.1 Å². The normalized spacial score (nSPS) is 11.9. The predicted molar refractivity (Wildman–Crippen MR) is 109 cm³/mol. The molecule has 0 saturated heterocycles. The van der Waals surface area contributed by atoms with Crippen molar-refractivity contribution in [3.05, 3.63) is 51.7 Å². The first-order chi connectivity index (χ1) is 13.3. The molecule has 3 aromatic rings. The third kappa shape index (κ3) is 4.23. The predicted octanol–water partition coefficient (Wildman–Crippen LogP) is 4.00. The first-order valence-electron chi connectivity index (χ1n) is 8.49. The molecule has 146 valence electrons. The number of ether oxygens (including phenoxy) is 1. The second kappa shape index (κ2) is 8.12. The van der Waals surface area contributed by atoms with Crippen LogP contribution in [0, 0.1) is 13.8 Å². The Hall–Kier alpha value is -2.71. The third-order valence-corrected chi connectivity index (χ3v) is 5.32. The summed E-state index contributed by atoms with van der Waals surface area (Å²) in [6.45, 7) is 5.16. The molecule has 28 heavy (non-hydrogen) atoms. The first kappa shape index (κ1) is 20.0. The van der Waals surface area contributed by atoms with Gasteiger partial charge >= 0.3 is 5.97 Å². The minimum Gasteiger partial charge on any atom is -0.448 e. The second-order valence-electron chi connectivity index (χ2n) is 6.25. The van der Waals surface area contributed by atoms with Gasteiger partial charge in [0.25, 0.3) is 5.91 Å². The van der Waals surface area contributed by atoms with E-state index in [0.29, 0.717) is 21.4 Å². The van der Waals surface area contributed by atoms with E-state index in [9.17, 15) is 9.59 Å². The SMILES string of the molecule is Cc1nn(C)c(C)c1NC(=O)[C@@H](C)OC(=O)c1csc(-c2cccc(Cl)c2)n1. The molecule has 0 fully saturated rings. The summed E-state index contributed by atoms with van der Waals surface area (Å²) in [5.41, 5.74) is 3.08. The monoisotopic (exact) mass is 418 g/mol. The fourth-order valence-electron chi connectivity index (χ4n) is 2.58. The van der Waals surface area contributed by atoms with Gasteiger partial charge in [-0.15, -0.1) is 11.3 Å². The average Bonchev–Trinajstić information content (AvgIpc) is 3.23. The molecular formula is C19H19ClN4O3S. The number of esters is 1. The fraction of sp³-hybridized carbons (Fsp3) is 0.263. The lowest BCUT2D eigenvalue weighted by atomic mass is 10.2. The lowest BCUT2D eigenvalue weighted by molar-refractivity contribution is -0.123. The first-order valence-corrected chi connectivity index (χ1v) is 9.75.